The normalized spacial score (nSPS) is 9.89. The van der Waals surface area contributed by atoms with E-state index < -0.39 is 10.7 Å². The van der Waals surface area contributed by atoms with Crippen LogP contribution >= 0.6 is 0 Å². The lowest BCUT2D eigenvalue weighted by molar-refractivity contribution is 0.606. The van der Waals surface area contributed by atoms with E-state index in [2.05, 4.69) is 9.97 Å². The van der Waals surface area contributed by atoms with Gasteiger partial charge in [0.15, 0.2) is 0 Å². The van der Waals surface area contributed by atoms with Crippen LogP contribution < -0.4 is 0 Å². The molecule has 0 saturated heterocycles. The Bertz CT molecular complexity index is 249. The van der Waals surface area contributed by atoms with E-state index >= 15 is 0 Å². The fraction of sp³-hybridized carbons (Fsp3) is 0. The van der Waals surface area contributed by atoms with Crippen LogP contribution in [0.2, 0.25) is 0 Å². The number of rotatable bonds is 1. The van der Waals surface area contributed by atoms with E-state index in [1.165, 1.54) is 12.4 Å². The van der Waals surface area contributed by atoms with Crippen molar-refractivity contribution < 1.29 is 8.42 Å². The molecule has 0 aliphatic carbocycles. The Hall–Kier alpha value is -0.970. The summed E-state index contributed by atoms with van der Waals surface area (Å²) in [6.45, 7) is 0. The van der Waals surface area contributed by atoms with Gasteiger partial charge in [0.05, 0.1) is 0 Å². The third kappa shape index (κ3) is 1.46. The SMILES string of the molecule is O=[SH](=O)c1ncccn1. The van der Waals surface area contributed by atoms with Crippen molar-refractivity contribution in [3.05, 3.63) is 18.5 Å². The van der Waals surface area contributed by atoms with E-state index in [9.17, 15) is 8.42 Å². The molecule has 0 radical (unpaired) electrons. The van der Waals surface area contributed by atoms with Crippen molar-refractivity contribution in [2.75, 3.05) is 0 Å². The van der Waals surface area contributed by atoms with E-state index in [1.807, 2.05) is 0 Å². The minimum atomic E-state index is -2.62. The monoisotopic (exact) mass is 144 g/mol. The summed E-state index contributed by atoms with van der Waals surface area (Å²) in [5.41, 5.74) is 0. The zero-order valence-electron chi connectivity index (χ0n) is 4.39. The quantitative estimate of drug-likeness (QED) is 0.424. The number of hydrogen-bond acceptors (Lipinski definition) is 4. The maximum absolute atomic E-state index is 10.1. The molecule has 1 heterocycles. The molecule has 0 atom stereocenters. The Kier molecular flexibility index (Phi) is 1.74. The molecule has 0 fully saturated rings. The Morgan fingerprint density at radius 3 is 2.11 bits per heavy atom. The number of thiol groups is 1. The fourth-order valence-corrected chi connectivity index (χ4v) is 0.707. The topological polar surface area (TPSA) is 59.9 Å². The largest absolute Gasteiger partial charge is 0.244 e. The van der Waals surface area contributed by atoms with Crippen molar-refractivity contribution in [3.63, 3.8) is 0 Å². The van der Waals surface area contributed by atoms with E-state index in [1.54, 1.807) is 6.07 Å². The van der Waals surface area contributed by atoms with E-state index in [0.29, 0.717) is 0 Å². The number of aromatic nitrogens is 2. The molecule has 0 N–H and O–H groups in total. The molecule has 0 unspecified atom stereocenters. The summed E-state index contributed by atoms with van der Waals surface area (Å²) in [5.74, 6) is 0. The first-order valence-electron chi connectivity index (χ1n) is 2.22. The summed E-state index contributed by atoms with van der Waals surface area (Å²) in [7, 11) is -2.62. The second kappa shape index (κ2) is 2.54. The lowest BCUT2D eigenvalue weighted by Gasteiger charge is -1.82. The van der Waals surface area contributed by atoms with Gasteiger partial charge in [-0.2, -0.15) is 0 Å². The van der Waals surface area contributed by atoms with Gasteiger partial charge in [-0.05, 0) is 6.07 Å². The highest BCUT2D eigenvalue weighted by Crippen LogP contribution is 1.85. The van der Waals surface area contributed by atoms with Gasteiger partial charge < -0.3 is 0 Å². The summed E-state index contributed by atoms with van der Waals surface area (Å²) in [5, 5.41) is -0.132. The molecule has 0 aliphatic rings. The average molecular weight is 144 g/mol. The third-order valence-corrected chi connectivity index (χ3v) is 1.27. The highest BCUT2D eigenvalue weighted by Gasteiger charge is 1.91. The van der Waals surface area contributed by atoms with Crippen molar-refractivity contribution in [1.82, 2.24) is 9.97 Å². The molecule has 1 rings (SSSR count). The molecule has 0 amide bonds. The van der Waals surface area contributed by atoms with E-state index in [0.717, 1.165) is 0 Å². The summed E-state index contributed by atoms with van der Waals surface area (Å²) < 4.78 is 20.2. The molecule has 9 heavy (non-hydrogen) atoms. The van der Waals surface area contributed by atoms with Gasteiger partial charge in [0.1, 0.15) is 0 Å². The van der Waals surface area contributed by atoms with Crippen molar-refractivity contribution >= 4 is 10.7 Å². The molecule has 1 aromatic rings. The van der Waals surface area contributed by atoms with Gasteiger partial charge in [-0.25, -0.2) is 18.4 Å². The second-order valence-corrected chi connectivity index (χ2v) is 2.22. The first kappa shape index (κ1) is 6.15. The van der Waals surface area contributed by atoms with Gasteiger partial charge in [-0.15, -0.1) is 0 Å². The summed E-state index contributed by atoms with van der Waals surface area (Å²) in [4.78, 5) is 6.94. The highest BCUT2D eigenvalue weighted by molar-refractivity contribution is 7.72. The van der Waals surface area contributed by atoms with Crippen LogP contribution in [0.4, 0.5) is 0 Å². The van der Waals surface area contributed by atoms with Crippen molar-refractivity contribution in [3.8, 4) is 0 Å². The van der Waals surface area contributed by atoms with Gasteiger partial charge in [0, 0.05) is 12.4 Å². The number of nitrogens with zero attached hydrogens (tertiary/aromatic N) is 2. The Balaban J connectivity index is 3.13. The minimum Gasteiger partial charge on any atom is -0.227 e. The molecular formula is C4H4N2O2S. The zero-order valence-corrected chi connectivity index (χ0v) is 5.28. The van der Waals surface area contributed by atoms with E-state index in [4.69, 9.17) is 0 Å². The van der Waals surface area contributed by atoms with Crippen LogP contribution in [-0.4, -0.2) is 18.4 Å². The van der Waals surface area contributed by atoms with Crippen LogP contribution in [0, 0.1) is 0 Å². The standard InChI is InChI=1S/C4H4N2O2S/c7-9(8)4-5-2-1-3-6-4/h1-3,9H. The van der Waals surface area contributed by atoms with Crippen LogP contribution in [0.3, 0.4) is 0 Å². The summed E-state index contributed by atoms with van der Waals surface area (Å²) in [6.07, 6.45) is 2.76. The molecule has 5 heteroatoms. The number of hydrogen-bond donors (Lipinski definition) is 1. The fourth-order valence-electron chi connectivity index (χ4n) is 0.386. The van der Waals surface area contributed by atoms with Gasteiger partial charge in [0.2, 0.25) is 15.9 Å². The Morgan fingerprint density at radius 1 is 1.22 bits per heavy atom. The van der Waals surface area contributed by atoms with Gasteiger partial charge >= 0.3 is 0 Å². The van der Waals surface area contributed by atoms with Crippen LogP contribution in [0.1, 0.15) is 0 Å². The minimum absolute atomic E-state index is 0.132. The molecule has 0 spiro atoms. The molecule has 0 bridgehead atoms. The molecule has 0 saturated carbocycles. The maximum Gasteiger partial charge on any atom is 0.244 e. The second-order valence-electron chi connectivity index (χ2n) is 1.31. The molecule has 1 aromatic heterocycles. The molecule has 48 valence electrons. The van der Waals surface area contributed by atoms with Crippen molar-refractivity contribution in [2.24, 2.45) is 0 Å². The maximum atomic E-state index is 10.1. The van der Waals surface area contributed by atoms with Gasteiger partial charge in [-0.1, -0.05) is 0 Å². The first-order valence-corrected chi connectivity index (χ1v) is 3.40. The van der Waals surface area contributed by atoms with Crippen LogP contribution in [0.25, 0.3) is 0 Å². The van der Waals surface area contributed by atoms with Crippen molar-refractivity contribution in [1.29, 1.82) is 0 Å². The van der Waals surface area contributed by atoms with Crippen LogP contribution in [0.15, 0.2) is 23.6 Å². The van der Waals surface area contributed by atoms with E-state index in [-0.39, 0.29) is 5.16 Å². The van der Waals surface area contributed by atoms with Crippen molar-refractivity contribution in [2.45, 2.75) is 5.16 Å². The average Bonchev–Trinajstić information content (AvgIpc) is 1.90. The van der Waals surface area contributed by atoms with Crippen LogP contribution in [-0.2, 0) is 10.7 Å². The lowest BCUT2D eigenvalue weighted by atomic mass is 10.7. The molecule has 0 aromatic carbocycles. The Morgan fingerprint density at radius 2 is 1.78 bits per heavy atom. The third-order valence-electron chi connectivity index (χ3n) is 0.715. The zero-order chi connectivity index (χ0) is 6.69. The predicted molar refractivity (Wildman–Crippen MR) is 30.6 cm³/mol. The van der Waals surface area contributed by atoms with Gasteiger partial charge in [-0.3, -0.25) is 0 Å². The lowest BCUT2D eigenvalue weighted by Crippen LogP contribution is -1.87. The Labute approximate surface area is 53.5 Å². The van der Waals surface area contributed by atoms with Crippen LogP contribution in [0.5, 0.6) is 0 Å². The summed E-state index contributed by atoms with van der Waals surface area (Å²) in [6, 6.07) is 1.56. The smallest absolute Gasteiger partial charge is 0.227 e. The predicted octanol–water partition coefficient (Wildman–Crippen LogP) is -0.553. The molecule has 0 aliphatic heterocycles. The summed E-state index contributed by atoms with van der Waals surface area (Å²) >= 11 is 0. The first-order chi connectivity index (χ1) is 4.30. The van der Waals surface area contributed by atoms with Gasteiger partial charge in [0.25, 0.3) is 0 Å². The highest BCUT2D eigenvalue weighted by atomic mass is 32.2. The molecular weight excluding hydrogens is 140 g/mol. The molecule has 4 nitrogen and oxygen atoms in total.